The van der Waals surface area contributed by atoms with E-state index in [-0.39, 0.29) is 11.5 Å². The van der Waals surface area contributed by atoms with Crippen molar-refractivity contribution in [1.29, 1.82) is 0 Å². The van der Waals surface area contributed by atoms with Gasteiger partial charge in [-0.25, -0.2) is 0 Å². The standard InChI is InChI=1S/C23H33NO/c25-21(16-24-9-5-2-6-10-24)23-14-18-11-19(15-23)13-22(12-18,17-23)20-7-3-1-4-8-20/h1,3-4,7-8,18-19,21,25H,2,5-6,9-17H2/t18-,19-,21-,22?,23?/m1/s1. The number of aliphatic hydroxyl groups is 1. The van der Waals surface area contributed by atoms with Crippen LogP contribution in [-0.2, 0) is 5.41 Å². The molecule has 1 N–H and O–H groups in total. The van der Waals surface area contributed by atoms with E-state index in [2.05, 4.69) is 35.2 Å². The molecule has 6 rings (SSSR count). The maximum absolute atomic E-state index is 11.4. The zero-order valence-electron chi connectivity index (χ0n) is 15.5. The molecule has 4 aliphatic carbocycles. The van der Waals surface area contributed by atoms with Crippen LogP contribution in [0.5, 0.6) is 0 Å². The van der Waals surface area contributed by atoms with Crippen LogP contribution in [0.3, 0.4) is 0 Å². The van der Waals surface area contributed by atoms with Crippen molar-refractivity contribution in [3.8, 4) is 0 Å². The fraction of sp³-hybridized carbons (Fsp3) is 0.739. The number of rotatable bonds is 4. The summed E-state index contributed by atoms with van der Waals surface area (Å²) in [5.74, 6) is 1.69. The molecule has 0 aromatic heterocycles. The van der Waals surface area contributed by atoms with Crippen LogP contribution in [0.2, 0.25) is 0 Å². The Labute approximate surface area is 152 Å². The Morgan fingerprint density at radius 3 is 2.32 bits per heavy atom. The third-order valence-corrected chi connectivity index (χ3v) is 8.08. The van der Waals surface area contributed by atoms with Gasteiger partial charge in [-0.3, -0.25) is 0 Å². The Kier molecular flexibility index (Phi) is 3.98. The van der Waals surface area contributed by atoms with Crippen molar-refractivity contribution in [2.45, 2.75) is 69.3 Å². The summed E-state index contributed by atoms with van der Waals surface area (Å²) in [5, 5.41) is 11.4. The average molecular weight is 340 g/mol. The number of hydrogen-bond acceptors (Lipinski definition) is 2. The highest BCUT2D eigenvalue weighted by Crippen LogP contribution is 2.66. The molecule has 4 bridgehead atoms. The minimum absolute atomic E-state index is 0.125. The summed E-state index contributed by atoms with van der Waals surface area (Å²) in [5.41, 5.74) is 2.10. The normalized spacial score (nSPS) is 41.8. The third-order valence-electron chi connectivity index (χ3n) is 8.08. The first-order valence-corrected chi connectivity index (χ1v) is 10.6. The lowest BCUT2D eigenvalue weighted by Gasteiger charge is -2.64. The minimum Gasteiger partial charge on any atom is -0.391 e. The fourth-order valence-electron chi connectivity index (χ4n) is 7.43. The van der Waals surface area contributed by atoms with Crippen LogP contribution in [0.25, 0.3) is 0 Å². The van der Waals surface area contributed by atoms with Crippen molar-refractivity contribution < 1.29 is 5.11 Å². The molecular formula is C23H33NO. The van der Waals surface area contributed by atoms with Crippen molar-refractivity contribution in [3.05, 3.63) is 35.9 Å². The van der Waals surface area contributed by atoms with Crippen LogP contribution < -0.4 is 0 Å². The van der Waals surface area contributed by atoms with Gasteiger partial charge in [-0.15, -0.1) is 0 Å². The van der Waals surface area contributed by atoms with Gasteiger partial charge in [0.2, 0.25) is 0 Å². The topological polar surface area (TPSA) is 23.5 Å². The molecule has 1 aromatic rings. The summed E-state index contributed by atoms with van der Waals surface area (Å²) in [4.78, 5) is 2.54. The van der Waals surface area contributed by atoms with Crippen LogP contribution >= 0.6 is 0 Å². The van der Waals surface area contributed by atoms with E-state index in [1.807, 2.05) is 0 Å². The summed E-state index contributed by atoms with van der Waals surface area (Å²) < 4.78 is 0. The molecule has 0 unspecified atom stereocenters. The molecule has 1 saturated heterocycles. The molecule has 25 heavy (non-hydrogen) atoms. The number of piperidine rings is 1. The van der Waals surface area contributed by atoms with Gasteiger partial charge in [0.25, 0.3) is 0 Å². The van der Waals surface area contributed by atoms with Gasteiger partial charge in [-0.2, -0.15) is 0 Å². The summed E-state index contributed by atoms with van der Waals surface area (Å²) in [6, 6.07) is 11.3. The largest absolute Gasteiger partial charge is 0.391 e. The Hall–Kier alpha value is -0.860. The molecule has 3 atom stereocenters. The second kappa shape index (κ2) is 6.09. The quantitative estimate of drug-likeness (QED) is 0.880. The molecule has 0 spiro atoms. The van der Waals surface area contributed by atoms with Crippen molar-refractivity contribution in [3.63, 3.8) is 0 Å². The number of likely N-dealkylation sites (tertiary alicyclic amines) is 1. The molecule has 1 aromatic carbocycles. The predicted octanol–water partition coefficient (Wildman–Crippen LogP) is 4.37. The molecule has 2 nitrogen and oxygen atoms in total. The number of aliphatic hydroxyl groups excluding tert-OH is 1. The van der Waals surface area contributed by atoms with Gasteiger partial charge in [0.15, 0.2) is 0 Å². The number of nitrogens with zero attached hydrogens (tertiary/aromatic N) is 1. The van der Waals surface area contributed by atoms with E-state index in [0.717, 1.165) is 18.4 Å². The summed E-state index contributed by atoms with van der Waals surface area (Å²) in [6.45, 7) is 3.32. The fourth-order valence-corrected chi connectivity index (χ4v) is 7.43. The van der Waals surface area contributed by atoms with Crippen molar-refractivity contribution >= 4 is 0 Å². The second-order valence-corrected chi connectivity index (χ2v) is 9.85. The molecule has 5 fully saturated rings. The Morgan fingerprint density at radius 2 is 1.64 bits per heavy atom. The number of β-amino-alcohol motifs (C(OH)–C–C–N with tert-alkyl or cyclic N) is 1. The summed E-state index contributed by atoms with van der Waals surface area (Å²) in [6.07, 6.45) is 11.8. The molecule has 0 amide bonds. The van der Waals surface area contributed by atoms with Crippen molar-refractivity contribution in [2.24, 2.45) is 17.3 Å². The highest BCUT2D eigenvalue weighted by atomic mass is 16.3. The monoisotopic (exact) mass is 339 g/mol. The lowest BCUT2D eigenvalue weighted by Crippen LogP contribution is -2.59. The highest BCUT2D eigenvalue weighted by molar-refractivity contribution is 5.30. The zero-order chi connectivity index (χ0) is 16.9. The van der Waals surface area contributed by atoms with E-state index >= 15 is 0 Å². The molecule has 4 saturated carbocycles. The average Bonchev–Trinajstić information content (AvgIpc) is 2.62. The Morgan fingerprint density at radius 1 is 0.960 bits per heavy atom. The molecule has 1 aliphatic heterocycles. The van der Waals surface area contributed by atoms with Gasteiger partial charge in [0.1, 0.15) is 0 Å². The van der Waals surface area contributed by atoms with E-state index in [0.29, 0.717) is 5.41 Å². The van der Waals surface area contributed by atoms with E-state index in [4.69, 9.17) is 0 Å². The highest BCUT2D eigenvalue weighted by Gasteiger charge is 2.60. The molecule has 0 radical (unpaired) electrons. The SMILES string of the molecule is O[C@H](CN1CCCCC1)C12C[C@@H]3C[C@H](CC(c4ccccc4)(C3)C1)C2. The summed E-state index contributed by atoms with van der Waals surface area (Å²) >= 11 is 0. The van der Waals surface area contributed by atoms with Crippen LogP contribution in [0.1, 0.15) is 63.4 Å². The van der Waals surface area contributed by atoms with E-state index < -0.39 is 0 Å². The first-order chi connectivity index (χ1) is 12.2. The van der Waals surface area contributed by atoms with Crippen molar-refractivity contribution in [2.75, 3.05) is 19.6 Å². The van der Waals surface area contributed by atoms with E-state index in [1.54, 1.807) is 5.56 Å². The maximum Gasteiger partial charge on any atom is 0.0723 e. The van der Waals surface area contributed by atoms with Crippen LogP contribution in [0.15, 0.2) is 30.3 Å². The molecule has 136 valence electrons. The Bertz CT molecular complexity index is 592. The van der Waals surface area contributed by atoms with Crippen molar-refractivity contribution in [1.82, 2.24) is 4.90 Å². The minimum atomic E-state index is -0.125. The van der Waals surface area contributed by atoms with Crippen LogP contribution in [0.4, 0.5) is 0 Å². The van der Waals surface area contributed by atoms with Gasteiger partial charge in [0.05, 0.1) is 6.10 Å². The first kappa shape index (κ1) is 16.3. The van der Waals surface area contributed by atoms with E-state index in [1.165, 1.54) is 70.9 Å². The smallest absolute Gasteiger partial charge is 0.0723 e. The van der Waals surface area contributed by atoms with Gasteiger partial charge in [-0.05, 0) is 92.7 Å². The Balaban J connectivity index is 1.41. The molecule has 5 aliphatic rings. The van der Waals surface area contributed by atoms with Crippen LogP contribution in [-0.4, -0.2) is 35.7 Å². The number of benzene rings is 1. The van der Waals surface area contributed by atoms with Gasteiger partial charge >= 0.3 is 0 Å². The maximum atomic E-state index is 11.4. The second-order valence-electron chi connectivity index (χ2n) is 9.85. The summed E-state index contributed by atoms with van der Waals surface area (Å²) in [7, 11) is 0. The zero-order valence-corrected chi connectivity index (χ0v) is 15.5. The number of hydrogen-bond donors (Lipinski definition) is 1. The van der Waals surface area contributed by atoms with E-state index in [9.17, 15) is 5.11 Å². The molecular weight excluding hydrogens is 306 g/mol. The molecule has 1 heterocycles. The first-order valence-electron chi connectivity index (χ1n) is 10.6. The predicted molar refractivity (Wildman–Crippen MR) is 102 cm³/mol. The lowest BCUT2D eigenvalue weighted by atomic mass is 9.42. The van der Waals surface area contributed by atoms with Gasteiger partial charge < -0.3 is 10.0 Å². The third kappa shape index (κ3) is 2.77. The van der Waals surface area contributed by atoms with Gasteiger partial charge in [0, 0.05) is 6.54 Å². The molecule has 2 heteroatoms. The van der Waals surface area contributed by atoms with Crippen LogP contribution in [0, 0.1) is 17.3 Å². The van der Waals surface area contributed by atoms with Gasteiger partial charge in [-0.1, -0.05) is 36.8 Å². The lowest BCUT2D eigenvalue weighted by molar-refractivity contribution is -0.139.